The van der Waals surface area contributed by atoms with E-state index >= 15 is 0 Å². The van der Waals surface area contributed by atoms with Crippen molar-refractivity contribution in [3.8, 4) is 0 Å². The maximum Gasteiger partial charge on any atom is 0.230 e. The molecule has 4 unspecified atom stereocenters. The fourth-order valence-electron chi connectivity index (χ4n) is 4.61. The molecule has 0 saturated heterocycles. The summed E-state index contributed by atoms with van der Waals surface area (Å²) < 4.78 is 0. The topological polar surface area (TPSA) is 57.8 Å². The second-order valence-electron chi connectivity index (χ2n) is 7.55. The lowest BCUT2D eigenvalue weighted by Gasteiger charge is -2.28. The Hall–Kier alpha value is -1.49. The number of hydrogen-bond acceptors (Lipinski definition) is 3. The number of fused-ring (bicyclic) bond motifs is 3. The summed E-state index contributed by atoms with van der Waals surface area (Å²) in [7, 11) is 0. The van der Waals surface area contributed by atoms with Gasteiger partial charge in [-0.3, -0.25) is 4.79 Å². The van der Waals surface area contributed by atoms with Crippen LogP contribution in [-0.2, 0) is 4.79 Å². The van der Waals surface area contributed by atoms with Gasteiger partial charge >= 0.3 is 0 Å². The highest BCUT2D eigenvalue weighted by Gasteiger charge is 2.42. The highest BCUT2D eigenvalue weighted by molar-refractivity contribution is 7.99. The Kier molecular flexibility index (Phi) is 4.29. The van der Waals surface area contributed by atoms with Crippen molar-refractivity contribution >= 4 is 28.7 Å². The number of H-pyrrole nitrogens is 1. The van der Waals surface area contributed by atoms with Crippen molar-refractivity contribution in [1.82, 2.24) is 15.3 Å². The molecule has 0 aliphatic heterocycles. The van der Waals surface area contributed by atoms with Gasteiger partial charge in [-0.2, -0.15) is 0 Å². The maximum absolute atomic E-state index is 12.3. The average Bonchev–Trinajstić information content (AvgIpc) is 3.27. The van der Waals surface area contributed by atoms with Crippen LogP contribution in [0.15, 0.2) is 23.4 Å². The summed E-state index contributed by atoms with van der Waals surface area (Å²) in [5.41, 5.74) is 3.20. The van der Waals surface area contributed by atoms with Crippen molar-refractivity contribution in [3.63, 3.8) is 0 Å². The van der Waals surface area contributed by atoms with Gasteiger partial charge in [0.05, 0.1) is 16.8 Å². The molecule has 1 amide bonds. The van der Waals surface area contributed by atoms with Crippen molar-refractivity contribution < 1.29 is 4.79 Å². The third-order valence-corrected chi connectivity index (χ3v) is 6.65. The number of aromatic nitrogens is 2. The van der Waals surface area contributed by atoms with Crippen LogP contribution in [0.5, 0.6) is 0 Å². The highest BCUT2D eigenvalue weighted by atomic mass is 32.2. The first kappa shape index (κ1) is 16.0. The van der Waals surface area contributed by atoms with Gasteiger partial charge in [-0.25, -0.2) is 4.98 Å². The van der Waals surface area contributed by atoms with E-state index in [9.17, 15) is 4.79 Å². The number of rotatable bonds is 5. The summed E-state index contributed by atoms with van der Waals surface area (Å²) in [5.74, 6) is 2.99. The molecule has 0 radical (unpaired) electrons. The van der Waals surface area contributed by atoms with Gasteiger partial charge in [0.15, 0.2) is 5.16 Å². The van der Waals surface area contributed by atoms with Crippen molar-refractivity contribution in [3.05, 3.63) is 23.8 Å². The van der Waals surface area contributed by atoms with Gasteiger partial charge in [-0.05, 0) is 68.6 Å². The third kappa shape index (κ3) is 3.18. The summed E-state index contributed by atoms with van der Waals surface area (Å²) in [6.45, 7) is 4.25. The zero-order valence-corrected chi connectivity index (χ0v) is 15.2. The fraction of sp³-hybridized carbons (Fsp3) is 0.579. The fourth-order valence-corrected chi connectivity index (χ4v) is 5.31. The van der Waals surface area contributed by atoms with Gasteiger partial charge in [0, 0.05) is 6.04 Å². The van der Waals surface area contributed by atoms with Crippen LogP contribution in [0.2, 0.25) is 0 Å². The van der Waals surface area contributed by atoms with Gasteiger partial charge in [0.25, 0.3) is 0 Å². The van der Waals surface area contributed by atoms with Crippen LogP contribution in [0.25, 0.3) is 11.0 Å². The van der Waals surface area contributed by atoms with E-state index in [1.807, 2.05) is 6.07 Å². The number of carbonyl (C=O) groups excluding carboxylic acids is 1. The first-order valence-corrected chi connectivity index (χ1v) is 9.95. The van der Waals surface area contributed by atoms with E-state index in [1.165, 1.54) is 43.0 Å². The number of carbonyl (C=O) groups is 1. The second-order valence-corrected chi connectivity index (χ2v) is 8.51. The molecule has 1 aromatic carbocycles. The zero-order chi connectivity index (χ0) is 16.7. The molecule has 1 heterocycles. The Labute approximate surface area is 147 Å². The van der Waals surface area contributed by atoms with Gasteiger partial charge in [-0.15, -0.1) is 0 Å². The predicted octanol–water partition coefficient (Wildman–Crippen LogP) is 3.90. The smallest absolute Gasteiger partial charge is 0.230 e. The molecule has 5 heteroatoms. The quantitative estimate of drug-likeness (QED) is 0.810. The normalized spacial score (nSPS) is 26.8. The van der Waals surface area contributed by atoms with Crippen LogP contribution in [0.3, 0.4) is 0 Å². The molecule has 2 aromatic rings. The number of thioether (sulfide) groups is 1. The summed E-state index contributed by atoms with van der Waals surface area (Å²) in [6, 6.07) is 6.46. The molecular weight excluding hydrogens is 318 g/mol. The Balaban J connectivity index is 1.31. The number of hydrogen-bond donors (Lipinski definition) is 2. The predicted molar refractivity (Wildman–Crippen MR) is 98.1 cm³/mol. The van der Waals surface area contributed by atoms with Crippen molar-refractivity contribution in [1.29, 1.82) is 0 Å². The Morgan fingerprint density at radius 2 is 2.29 bits per heavy atom. The lowest BCUT2D eigenvalue weighted by molar-refractivity contribution is -0.119. The van der Waals surface area contributed by atoms with E-state index in [4.69, 9.17) is 0 Å². The SMILES string of the molecule is Cc1ccc2nc(SCC(=O)NC(C)C3CC4CCC3C4)[nH]c2c1. The van der Waals surface area contributed by atoms with Crippen molar-refractivity contribution in [2.24, 2.45) is 17.8 Å². The van der Waals surface area contributed by atoms with Gasteiger partial charge in [0.2, 0.25) is 5.91 Å². The van der Waals surface area contributed by atoms with Gasteiger partial charge in [-0.1, -0.05) is 24.2 Å². The molecule has 4 nitrogen and oxygen atoms in total. The van der Waals surface area contributed by atoms with Crippen LogP contribution in [-0.4, -0.2) is 27.7 Å². The summed E-state index contributed by atoms with van der Waals surface area (Å²) in [5, 5.41) is 4.04. The zero-order valence-electron chi connectivity index (χ0n) is 14.3. The molecule has 2 aliphatic rings. The van der Waals surface area contributed by atoms with Crippen LogP contribution in [0.4, 0.5) is 0 Å². The van der Waals surface area contributed by atoms with E-state index in [-0.39, 0.29) is 5.91 Å². The lowest BCUT2D eigenvalue weighted by atomic mass is 9.84. The molecule has 2 saturated carbocycles. The minimum Gasteiger partial charge on any atom is -0.353 e. The number of nitrogens with zero attached hydrogens (tertiary/aromatic N) is 1. The lowest BCUT2D eigenvalue weighted by Crippen LogP contribution is -2.40. The molecule has 128 valence electrons. The average molecular weight is 343 g/mol. The minimum absolute atomic E-state index is 0.118. The molecule has 24 heavy (non-hydrogen) atoms. The number of imidazole rings is 1. The first-order valence-electron chi connectivity index (χ1n) is 8.97. The summed E-state index contributed by atoms with van der Waals surface area (Å²) >= 11 is 1.48. The van der Waals surface area contributed by atoms with E-state index < -0.39 is 0 Å². The Morgan fingerprint density at radius 1 is 1.42 bits per heavy atom. The molecular formula is C19H25N3OS. The van der Waals surface area contributed by atoms with E-state index in [2.05, 4.69) is 41.3 Å². The molecule has 2 N–H and O–H groups in total. The monoisotopic (exact) mass is 343 g/mol. The number of amides is 1. The molecule has 1 aromatic heterocycles. The number of benzene rings is 1. The van der Waals surface area contributed by atoms with E-state index in [0.717, 1.165) is 28.0 Å². The first-order chi connectivity index (χ1) is 11.6. The number of aryl methyl sites for hydroxylation is 1. The molecule has 2 aliphatic carbocycles. The van der Waals surface area contributed by atoms with Crippen LogP contribution >= 0.6 is 11.8 Å². The highest BCUT2D eigenvalue weighted by Crippen LogP contribution is 2.49. The van der Waals surface area contributed by atoms with E-state index in [0.29, 0.717) is 17.7 Å². The number of aromatic amines is 1. The van der Waals surface area contributed by atoms with Gasteiger partial charge < -0.3 is 10.3 Å². The van der Waals surface area contributed by atoms with Crippen molar-refractivity contribution in [2.75, 3.05) is 5.75 Å². The van der Waals surface area contributed by atoms with Gasteiger partial charge in [0.1, 0.15) is 0 Å². The van der Waals surface area contributed by atoms with Crippen LogP contribution < -0.4 is 5.32 Å². The minimum atomic E-state index is 0.118. The molecule has 4 rings (SSSR count). The Morgan fingerprint density at radius 3 is 3.04 bits per heavy atom. The summed E-state index contributed by atoms with van der Waals surface area (Å²) in [4.78, 5) is 20.1. The third-order valence-electron chi connectivity index (χ3n) is 5.78. The Bertz CT molecular complexity index is 756. The van der Waals surface area contributed by atoms with E-state index in [1.54, 1.807) is 0 Å². The van der Waals surface area contributed by atoms with Crippen LogP contribution in [0.1, 0.15) is 38.2 Å². The molecule has 4 atom stereocenters. The largest absolute Gasteiger partial charge is 0.353 e. The maximum atomic E-state index is 12.3. The molecule has 0 spiro atoms. The molecule has 2 bridgehead atoms. The second kappa shape index (κ2) is 6.43. The summed E-state index contributed by atoms with van der Waals surface area (Å²) in [6.07, 6.45) is 5.46. The van der Waals surface area contributed by atoms with Crippen molar-refractivity contribution in [2.45, 2.75) is 50.7 Å². The standard InChI is InChI=1S/C19H25N3OS/c1-11-3-6-16-17(7-11)22-19(21-16)24-10-18(23)20-12(2)15-9-13-4-5-14(15)8-13/h3,6-7,12-15H,4-5,8-10H2,1-2H3,(H,20,23)(H,21,22). The van der Waals surface area contributed by atoms with Crippen LogP contribution in [0, 0.1) is 24.7 Å². The molecule has 2 fully saturated rings. The number of nitrogens with one attached hydrogen (secondary N) is 2.